The van der Waals surface area contributed by atoms with Gasteiger partial charge < -0.3 is 0 Å². The van der Waals surface area contributed by atoms with Gasteiger partial charge in [-0.25, -0.2) is 0 Å². The van der Waals surface area contributed by atoms with E-state index in [0.29, 0.717) is 18.4 Å². The Hall–Kier alpha value is -0.350. The largest absolute Gasteiger partial charge is 0.270 e. The molecule has 3 nitrogen and oxygen atoms in total. The van der Waals surface area contributed by atoms with E-state index in [0.717, 1.165) is 25.5 Å². The van der Waals surface area contributed by atoms with Gasteiger partial charge in [0.1, 0.15) is 0 Å². The third-order valence-electron chi connectivity index (χ3n) is 3.03. The fourth-order valence-electron chi connectivity index (χ4n) is 1.87. The van der Waals surface area contributed by atoms with Gasteiger partial charge >= 0.3 is 0 Å². The zero-order valence-electron chi connectivity index (χ0n) is 9.69. The van der Waals surface area contributed by atoms with Crippen molar-refractivity contribution >= 4 is 10.1 Å². The lowest BCUT2D eigenvalue weighted by molar-refractivity contribution is 0.204. The minimum atomic E-state index is -3.28. The maximum Gasteiger partial charge on any atom is 0.264 e. The van der Waals surface area contributed by atoms with Gasteiger partial charge in [-0.1, -0.05) is 18.6 Å². The normalized spacial score (nSPS) is 24.7. The maximum absolute atomic E-state index is 10.8. The average Bonchev–Trinajstić information content (AvgIpc) is 2.14. The van der Waals surface area contributed by atoms with Crippen molar-refractivity contribution in [3.63, 3.8) is 0 Å². The van der Waals surface area contributed by atoms with E-state index < -0.39 is 10.1 Å². The molecule has 15 heavy (non-hydrogen) atoms. The number of rotatable bonds is 4. The van der Waals surface area contributed by atoms with Crippen molar-refractivity contribution in [1.29, 1.82) is 0 Å². The summed E-state index contributed by atoms with van der Waals surface area (Å²) in [6.45, 7) is 4.52. The summed E-state index contributed by atoms with van der Waals surface area (Å²) < 4.78 is 26.5. The highest BCUT2D eigenvalue weighted by molar-refractivity contribution is 7.85. The lowest BCUT2D eigenvalue weighted by atomic mass is 9.82. The molecule has 0 aromatic heterocycles. The van der Waals surface area contributed by atoms with Gasteiger partial charge in [0.05, 0.1) is 12.9 Å². The van der Waals surface area contributed by atoms with Crippen molar-refractivity contribution in [2.45, 2.75) is 33.1 Å². The summed E-state index contributed by atoms with van der Waals surface area (Å²) in [7, 11) is -3.28. The minimum absolute atomic E-state index is 0.309. The van der Waals surface area contributed by atoms with Gasteiger partial charge in [-0.2, -0.15) is 8.42 Å². The van der Waals surface area contributed by atoms with E-state index in [1.807, 2.05) is 0 Å². The van der Waals surface area contributed by atoms with Crippen molar-refractivity contribution < 1.29 is 12.6 Å². The van der Waals surface area contributed by atoms with Gasteiger partial charge in [-0.05, 0) is 38.0 Å². The van der Waals surface area contributed by atoms with Crippen LogP contribution in [0.4, 0.5) is 0 Å². The van der Waals surface area contributed by atoms with Crippen molar-refractivity contribution in [2.75, 3.05) is 12.9 Å². The molecule has 0 aliphatic heterocycles. The predicted octanol–water partition coefficient (Wildman–Crippen LogP) is 2.35. The van der Waals surface area contributed by atoms with Gasteiger partial charge in [-0.15, -0.1) is 0 Å². The molecule has 88 valence electrons. The van der Waals surface area contributed by atoms with Crippen molar-refractivity contribution in [3.8, 4) is 0 Å². The second-order valence-electron chi connectivity index (χ2n) is 4.55. The highest BCUT2D eigenvalue weighted by Gasteiger charge is 2.20. The van der Waals surface area contributed by atoms with Crippen LogP contribution in [-0.2, 0) is 14.3 Å². The molecule has 0 saturated carbocycles. The molecule has 0 fully saturated rings. The molecule has 1 aliphatic carbocycles. The van der Waals surface area contributed by atoms with Crippen LogP contribution in [-0.4, -0.2) is 21.3 Å². The molecule has 0 aromatic carbocycles. The Kier molecular flexibility index (Phi) is 4.34. The molecule has 2 unspecified atom stereocenters. The molecule has 0 spiro atoms. The molecule has 0 bridgehead atoms. The first-order valence-electron chi connectivity index (χ1n) is 5.38. The monoisotopic (exact) mass is 232 g/mol. The zero-order valence-corrected chi connectivity index (χ0v) is 10.5. The minimum Gasteiger partial charge on any atom is -0.270 e. The van der Waals surface area contributed by atoms with Crippen molar-refractivity contribution in [3.05, 3.63) is 11.6 Å². The van der Waals surface area contributed by atoms with Gasteiger partial charge in [-0.3, -0.25) is 4.18 Å². The summed E-state index contributed by atoms with van der Waals surface area (Å²) in [6.07, 6.45) is 6.69. The van der Waals surface area contributed by atoms with Gasteiger partial charge in [0.15, 0.2) is 0 Å². The molecular weight excluding hydrogens is 212 g/mol. The number of allylic oxidation sites excluding steroid dienone is 2. The van der Waals surface area contributed by atoms with Crippen LogP contribution >= 0.6 is 0 Å². The fourth-order valence-corrected chi connectivity index (χ4v) is 2.33. The lowest BCUT2D eigenvalue weighted by Crippen LogP contribution is -2.20. The molecule has 2 atom stereocenters. The summed E-state index contributed by atoms with van der Waals surface area (Å²) in [6, 6.07) is 0. The summed E-state index contributed by atoms with van der Waals surface area (Å²) in [5.41, 5.74) is 1.45. The zero-order chi connectivity index (χ0) is 11.5. The topological polar surface area (TPSA) is 43.4 Å². The Morgan fingerprint density at radius 1 is 1.60 bits per heavy atom. The first kappa shape index (κ1) is 12.7. The summed E-state index contributed by atoms with van der Waals surface area (Å²) in [4.78, 5) is 0. The molecule has 0 radical (unpaired) electrons. The first-order chi connectivity index (χ1) is 6.88. The lowest BCUT2D eigenvalue weighted by Gasteiger charge is -2.25. The van der Waals surface area contributed by atoms with Crippen LogP contribution < -0.4 is 0 Å². The van der Waals surface area contributed by atoms with Crippen LogP contribution in [0.5, 0.6) is 0 Å². The van der Waals surface area contributed by atoms with E-state index in [2.05, 4.69) is 19.9 Å². The van der Waals surface area contributed by atoms with Crippen molar-refractivity contribution in [1.82, 2.24) is 0 Å². The smallest absolute Gasteiger partial charge is 0.264 e. The van der Waals surface area contributed by atoms with E-state index in [1.54, 1.807) is 0 Å². The summed E-state index contributed by atoms with van der Waals surface area (Å²) in [5, 5.41) is 0. The second-order valence-corrected chi connectivity index (χ2v) is 6.19. The Morgan fingerprint density at radius 3 is 2.73 bits per heavy atom. The Morgan fingerprint density at radius 2 is 2.27 bits per heavy atom. The van der Waals surface area contributed by atoms with Gasteiger partial charge in [0.2, 0.25) is 0 Å². The molecule has 1 rings (SSSR count). The Bertz CT molecular complexity index is 330. The average molecular weight is 232 g/mol. The van der Waals surface area contributed by atoms with E-state index in [-0.39, 0.29) is 0 Å². The standard InChI is InChI=1S/C11H20O3S/c1-9-4-6-11(7-5-9)10(2)8-14-15(3,12)13/h4,10-11H,5-8H2,1-3H3. The van der Waals surface area contributed by atoms with Crippen LogP contribution in [0, 0.1) is 11.8 Å². The number of hydrogen-bond donors (Lipinski definition) is 0. The van der Waals surface area contributed by atoms with Crippen LogP contribution in [0.15, 0.2) is 11.6 Å². The third-order valence-corrected chi connectivity index (χ3v) is 3.59. The molecule has 0 saturated heterocycles. The fraction of sp³-hybridized carbons (Fsp3) is 0.818. The Balaban J connectivity index is 2.38. The molecular formula is C11H20O3S. The molecule has 1 aliphatic rings. The summed E-state index contributed by atoms with van der Waals surface area (Å²) >= 11 is 0. The van der Waals surface area contributed by atoms with E-state index in [4.69, 9.17) is 4.18 Å². The van der Waals surface area contributed by atoms with E-state index in [9.17, 15) is 8.42 Å². The molecule has 0 N–H and O–H groups in total. The van der Waals surface area contributed by atoms with Gasteiger partial charge in [0.25, 0.3) is 10.1 Å². The van der Waals surface area contributed by atoms with Crippen LogP contribution in [0.1, 0.15) is 33.1 Å². The molecule has 4 heteroatoms. The summed E-state index contributed by atoms with van der Waals surface area (Å²) in [5.74, 6) is 0.875. The third kappa shape index (κ3) is 4.80. The predicted molar refractivity (Wildman–Crippen MR) is 61.1 cm³/mol. The van der Waals surface area contributed by atoms with Crippen LogP contribution in [0.2, 0.25) is 0 Å². The highest BCUT2D eigenvalue weighted by Crippen LogP contribution is 2.29. The SMILES string of the molecule is CC1=CCC(C(C)COS(C)(=O)=O)CC1. The van der Waals surface area contributed by atoms with Crippen LogP contribution in [0.25, 0.3) is 0 Å². The molecule has 0 aromatic rings. The van der Waals surface area contributed by atoms with Crippen molar-refractivity contribution in [2.24, 2.45) is 11.8 Å². The number of hydrogen-bond acceptors (Lipinski definition) is 3. The van der Waals surface area contributed by atoms with E-state index >= 15 is 0 Å². The first-order valence-corrected chi connectivity index (χ1v) is 7.20. The maximum atomic E-state index is 10.8. The van der Waals surface area contributed by atoms with E-state index in [1.165, 1.54) is 5.57 Å². The second kappa shape index (κ2) is 5.12. The van der Waals surface area contributed by atoms with Crippen LogP contribution in [0.3, 0.4) is 0 Å². The van der Waals surface area contributed by atoms with Gasteiger partial charge in [0, 0.05) is 0 Å². The highest BCUT2D eigenvalue weighted by atomic mass is 32.2. The molecule has 0 heterocycles. The quantitative estimate of drug-likeness (QED) is 0.552. The molecule has 0 amide bonds. The Labute approximate surface area is 92.6 Å².